The Balaban J connectivity index is 2.11. The van der Waals surface area contributed by atoms with Crippen molar-refractivity contribution in [1.82, 2.24) is 9.97 Å². The van der Waals surface area contributed by atoms with Gasteiger partial charge in [0, 0.05) is 11.1 Å². The molecule has 0 amide bonds. The van der Waals surface area contributed by atoms with E-state index in [9.17, 15) is 0 Å². The van der Waals surface area contributed by atoms with Gasteiger partial charge >= 0.3 is 0 Å². The van der Waals surface area contributed by atoms with Crippen molar-refractivity contribution < 1.29 is 4.42 Å². The van der Waals surface area contributed by atoms with Crippen molar-refractivity contribution in [1.29, 1.82) is 0 Å². The summed E-state index contributed by atoms with van der Waals surface area (Å²) in [5.74, 6) is 0.838. The summed E-state index contributed by atoms with van der Waals surface area (Å²) in [6.45, 7) is 1.99. The average molecular weight is 286 g/mol. The Bertz CT molecular complexity index is 928. The molecule has 4 rings (SSSR count). The molecule has 0 aliphatic rings. The quantitative estimate of drug-likeness (QED) is 0.528. The number of aryl methyl sites for hydroxylation is 1. The molecule has 0 aliphatic heterocycles. The van der Waals surface area contributed by atoms with Crippen LogP contribution in [0.3, 0.4) is 0 Å². The summed E-state index contributed by atoms with van der Waals surface area (Å²) in [5, 5.41) is 0.979. The molecule has 106 valence electrons. The van der Waals surface area contributed by atoms with Gasteiger partial charge in [-0.1, -0.05) is 60.7 Å². The van der Waals surface area contributed by atoms with Crippen LogP contribution in [-0.4, -0.2) is 9.97 Å². The number of benzene rings is 2. The van der Waals surface area contributed by atoms with Crippen molar-refractivity contribution in [3.8, 4) is 22.5 Å². The van der Waals surface area contributed by atoms with Gasteiger partial charge in [0.25, 0.3) is 0 Å². The van der Waals surface area contributed by atoms with Crippen LogP contribution in [0.25, 0.3) is 33.6 Å². The number of nitrogens with zero attached hydrogens (tertiary/aromatic N) is 2. The summed E-state index contributed by atoms with van der Waals surface area (Å²) < 4.78 is 6.07. The number of furan rings is 1. The molecule has 0 spiro atoms. The molecule has 22 heavy (non-hydrogen) atoms. The Morgan fingerprint density at radius 1 is 0.773 bits per heavy atom. The van der Waals surface area contributed by atoms with Crippen molar-refractivity contribution >= 4 is 11.1 Å². The van der Waals surface area contributed by atoms with E-state index < -0.39 is 0 Å². The van der Waals surface area contributed by atoms with Crippen LogP contribution in [0.1, 0.15) is 5.69 Å². The number of rotatable bonds is 2. The standard InChI is InChI=1S/C19H14N2O/c1-13-16-17(14-8-4-2-5-9-14)18(15-10-6-3-7-11-15)22-19(16)21-12-20-13/h2-12H,1H3. The molecular weight excluding hydrogens is 272 g/mol. The molecule has 0 bridgehead atoms. The fraction of sp³-hybridized carbons (Fsp3) is 0.0526. The van der Waals surface area contributed by atoms with Gasteiger partial charge in [0.2, 0.25) is 5.71 Å². The largest absolute Gasteiger partial charge is 0.437 e. The highest BCUT2D eigenvalue weighted by Crippen LogP contribution is 2.40. The first-order valence-electron chi connectivity index (χ1n) is 7.19. The van der Waals surface area contributed by atoms with Crippen LogP contribution in [0.15, 0.2) is 71.4 Å². The first-order valence-corrected chi connectivity index (χ1v) is 7.19. The Labute approximate surface area is 128 Å². The molecule has 0 saturated heterocycles. The number of fused-ring (bicyclic) bond motifs is 1. The van der Waals surface area contributed by atoms with Gasteiger partial charge in [-0.25, -0.2) is 9.97 Å². The molecule has 4 aromatic rings. The molecule has 0 unspecified atom stereocenters. The first-order chi connectivity index (χ1) is 10.8. The fourth-order valence-electron chi connectivity index (χ4n) is 2.75. The van der Waals surface area contributed by atoms with Crippen LogP contribution in [0, 0.1) is 6.92 Å². The van der Waals surface area contributed by atoms with Gasteiger partial charge in [-0.2, -0.15) is 0 Å². The van der Waals surface area contributed by atoms with E-state index in [1.807, 2.05) is 55.5 Å². The topological polar surface area (TPSA) is 38.9 Å². The van der Waals surface area contributed by atoms with Crippen LogP contribution in [-0.2, 0) is 0 Å². The number of aromatic nitrogens is 2. The second kappa shape index (κ2) is 5.11. The molecule has 3 heteroatoms. The van der Waals surface area contributed by atoms with Crippen LogP contribution in [0.5, 0.6) is 0 Å². The Morgan fingerprint density at radius 3 is 2.09 bits per heavy atom. The summed E-state index contributed by atoms with van der Waals surface area (Å²) in [6, 6.07) is 20.4. The lowest BCUT2D eigenvalue weighted by molar-refractivity contribution is 0.618. The van der Waals surface area contributed by atoms with Gasteiger partial charge in [0.1, 0.15) is 12.1 Å². The smallest absolute Gasteiger partial charge is 0.230 e. The predicted octanol–water partition coefficient (Wildman–Crippen LogP) is 4.87. The summed E-state index contributed by atoms with van der Waals surface area (Å²) >= 11 is 0. The van der Waals surface area contributed by atoms with Gasteiger partial charge in [-0.15, -0.1) is 0 Å². The molecular formula is C19H14N2O. The maximum Gasteiger partial charge on any atom is 0.230 e. The molecule has 0 aliphatic carbocycles. The van der Waals surface area contributed by atoms with E-state index in [1.165, 1.54) is 0 Å². The summed E-state index contributed by atoms with van der Waals surface area (Å²) in [7, 11) is 0. The minimum absolute atomic E-state index is 0.630. The van der Waals surface area contributed by atoms with Gasteiger partial charge in [-0.3, -0.25) is 0 Å². The van der Waals surface area contributed by atoms with Gasteiger partial charge < -0.3 is 4.42 Å². The minimum Gasteiger partial charge on any atom is -0.437 e. The highest BCUT2D eigenvalue weighted by molar-refractivity contribution is 6.01. The van der Waals surface area contributed by atoms with E-state index in [0.29, 0.717) is 5.71 Å². The monoisotopic (exact) mass is 286 g/mol. The Hall–Kier alpha value is -2.94. The zero-order valence-corrected chi connectivity index (χ0v) is 12.2. The lowest BCUT2D eigenvalue weighted by Crippen LogP contribution is -1.86. The van der Waals surface area contributed by atoms with Crippen molar-refractivity contribution in [2.24, 2.45) is 0 Å². The summed E-state index contributed by atoms with van der Waals surface area (Å²) in [5.41, 5.74) is 4.76. The highest BCUT2D eigenvalue weighted by atomic mass is 16.3. The zero-order chi connectivity index (χ0) is 14.9. The van der Waals surface area contributed by atoms with Crippen LogP contribution in [0.2, 0.25) is 0 Å². The molecule has 0 N–H and O–H groups in total. The minimum atomic E-state index is 0.630. The molecule has 2 aromatic heterocycles. The van der Waals surface area contributed by atoms with E-state index >= 15 is 0 Å². The maximum absolute atomic E-state index is 6.07. The molecule has 0 saturated carbocycles. The van der Waals surface area contributed by atoms with E-state index in [4.69, 9.17) is 4.42 Å². The SMILES string of the molecule is Cc1ncnc2oc(-c3ccccc3)c(-c3ccccc3)c12. The molecule has 0 fully saturated rings. The van der Waals surface area contributed by atoms with Crippen LogP contribution >= 0.6 is 0 Å². The van der Waals surface area contributed by atoms with Crippen LogP contribution < -0.4 is 0 Å². The summed E-state index contributed by atoms with van der Waals surface area (Å²) in [4.78, 5) is 8.63. The fourth-order valence-corrected chi connectivity index (χ4v) is 2.75. The van der Waals surface area contributed by atoms with Crippen LogP contribution in [0.4, 0.5) is 0 Å². The van der Waals surface area contributed by atoms with Crippen molar-refractivity contribution in [2.75, 3.05) is 0 Å². The van der Waals surface area contributed by atoms with Gasteiger partial charge in [0.15, 0.2) is 0 Å². The van der Waals surface area contributed by atoms with Gasteiger partial charge in [0.05, 0.1) is 11.1 Å². The van der Waals surface area contributed by atoms with E-state index in [1.54, 1.807) is 6.33 Å². The van der Waals surface area contributed by atoms with E-state index in [2.05, 4.69) is 22.1 Å². The lowest BCUT2D eigenvalue weighted by Gasteiger charge is -2.04. The third kappa shape index (κ3) is 1.99. The molecule has 2 heterocycles. The number of hydrogen-bond acceptors (Lipinski definition) is 3. The number of hydrogen-bond donors (Lipinski definition) is 0. The third-order valence-electron chi connectivity index (χ3n) is 3.78. The second-order valence-electron chi connectivity index (χ2n) is 5.18. The van der Waals surface area contributed by atoms with Crippen molar-refractivity contribution in [3.63, 3.8) is 0 Å². The molecule has 2 aromatic carbocycles. The highest BCUT2D eigenvalue weighted by Gasteiger charge is 2.20. The lowest BCUT2D eigenvalue weighted by atomic mass is 9.99. The molecule has 0 radical (unpaired) electrons. The second-order valence-corrected chi connectivity index (χ2v) is 5.18. The van der Waals surface area contributed by atoms with Crippen molar-refractivity contribution in [3.05, 3.63) is 72.7 Å². The van der Waals surface area contributed by atoms with E-state index in [0.717, 1.165) is 33.5 Å². The van der Waals surface area contributed by atoms with Gasteiger partial charge in [-0.05, 0) is 12.5 Å². The molecule has 0 atom stereocenters. The predicted molar refractivity (Wildman–Crippen MR) is 87.4 cm³/mol. The third-order valence-corrected chi connectivity index (χ3v) is 3.78. The van der Waals surface area contributed by atoms with E-state index in [-0.39, 0.29) is 0 Å². The Morgan fingerprint density at radius 2 is 1.41 bits per heavy atom. The maximum atomic E-state index is 6.07. The van der Waals surface area contributed by atoms with Crippen molar-refractivity contribution in [2.45, 2.75) is 6.92 Å². The Kier molecular flexibility index (Phi) is 2.97. The molecule has 3 nitrogen and oxygen atoms in total. The summed E-state index contributed by atoms with van der Waals surface area (Å²) in [6.07, 6.45) is 1.55. The normalized spacial score (nSPS) is 11.0. The first kappa shape index (κ1) is 12.8. The zero-order valence-electron chi connectivity index (χ0n) is 12.2. The average Bonchev–Trinajstić information content (AvgIpc) is 2.97.